The fourth-order valence-corrected chi connectivity index (χ4v) is 5.64. The fraction of sp³-hybridized carbons (Fsp3) is 0.0526. The van der Waals surface area contributed by atoms with Gasteiger partial charge in [-0.25, -0.2) is 0 Å². The van der Waals surface area contributed by atoms with E-state index in [4.69, 9.17) is 0 Å². The van der Waals surface area contributed by atoms with Crippen molar-refractivity contribution < 1.29 is 0 Å². The molecule has 0 aliphatic carbocycles. The molecule has 0 heterocycles. The average Bonchev–Trinajstić information content (AvgIpc) is 2.98. The van der Waals surface area contributed by atoms with Crippen LogP contribution < -0.4 is 4.90 Å². The van der Waals surface area contributed by atoms with Gasteiger partial charge in [-0.05, 0) is 82.2 Å². The number of benzene rings is 7. The van der Waals surface area contributed by atoms with Gasteiger partial charge in [0.05, 0.1) is 5.69 Å². The van der Waals surface area contributed by atoms with E-state index in [1.54, 1.807) is 0 Å². The van der Waals surface area contributed by atoms with Gasteiger partial charge in [-0.1, -0.05) is 120 Å². The Morgan fingerprint density at radius 2 is 0.897 bits per heavy atom. The third kappa shape index (κ3) is 4.23. The second-order valence-electron chi connectivity index (χ2n) is 10.4. The number of anilines is 3. The summed E-state index contributed by atoms with van der Waals surface area (Å²) in [4.78, 5) is 2.39. The lowest BCUT2D eigenvalue weighted by Gasteiger charge is -2.28. The molecule has 0 bridgehead atoms. The SMILES string of the molecule is Cc1ccc(C=Cc2ccc(N(c3ccc(C)cc3)c3ccc4ccc5cccc6ccc3c4c56)cc2)cc1. The van der Waals surface area contributed by atoms with Crippen molar-refractivity contribution in [2.45, 2.75) is 13.8 Å². The van der Waals surface area contributed by atoms with E-state index in [2.05, 4.69) is 158 Å². The molecule has 0 saturated heterocycles. The van der Waals surface area contributed by atoms with E-state index < -0.39 is 0 Å². The first-order chi connectivity index (χ1) is 19.1. The molecular formula is C38H29N. The Bertz CT molecular complexity index is 1930. The number of hydrogen-bond acceptors (Lipinski definition) is 1. The lowest BCUT2D eigenvalue weighted by Crippen LogP contribution is -2.10. The van der Waals surface area contributed by atoms with E-state index in [0.717, 1.165) is 11.4 Å². The molecule has 1 nitrogen and oxygen atoms in total. The molecule has 0 aromatic heterocycles. The standard InChI is InChI=1S/C38H29N/c1-26-6-10-28(11-7-26)12-13-29-14-22-34(23-15-29)39(33-20-8-27(2)9-21-33)36-25-19-32-17-16-30-4-3-5-31-18-24-35(36)38(32)37(30)31/h3-25H,1-2H3. The summed E-state index contributed by atoms with van der Waals surface area (Å²) in [7, 11) is 0. The maximum atomic E-state index is 2.39. The zero-order valence-corrected chi connectivity index (χ0v) is 22.2. The van der Waals surface area contributed by atoms with Crippen molar-refractivity contribution >= 4 is 61.5 Å². The predicted molar refractivity (Wildman–Crippen MR) is 170 cm³/mol. The minimum Gasteiger partial charge on any atom is -0.310 e. The quantitative estimate of drug-likeness (QED) is 0.168. The molecule has 1 heteroatoms. The van der Waals surface area contributed by atoms with Crippen LogP contribution in [0.2, 0.25) is 0 Å². The highest BCUT2D eigenvalue weighted by Crippen LogP contribution is 2.43. The maximum Gasteiger partial charge on any atom is 0.0540 e. The van der Waals surface area contributed by atoms with Crippen LogP contribution >= 0.6 is 0 Å². The van der Waals surface area contributed by atoms with Crippen LogP contribution in [0.1, 0.15) is 22.3 Å². The highest BCUT2D eigenvalue weighted by molar-refractivity contribution is 6.25. The molecule has 7 aromatic carbocycles. The van der Waals surface area contributed by atoms with Gasteiger partial charge in [-0.2, -0.15) is 0 Å². The van der Waals surface area contributed by atoms with E-state index in [-0.39, 0.29) is 0 Å². The molecule has 186 valence electrons. The molecule has 0 aliphatic heterocycles. The van der Waals surface area contributed by atoms with Crippen molar-refractivity contribution in [3.8, 4) is 0 Å². The molecule has 0 spiro atoms. The van der Waals surface area contributed by atoms with Gasteiger partial charge < -0.3 is 4.90 Å². The van der Waals surface area contributed by atoms with Gasteiger partial charge in [-0.3, -0.25) is 0 Å². The van der Waals surface area contributed by atoms with E-state index in [1.165, 1.54) is 60.3 Å². The van der Waals surface area contributed by atoms with E-state index in [1.807, 2.05) is 0 Å². The first-order valence-electron chi connectivity index (χ1n) is 13.5. The fourth-order valence-electron chi connectivity index (χ4n) is 5.64. The molecule has 0 aliphatic rings. The summed E-state index contributed by atoms with van der Waals surface area (Å²) in [6.07, 6.45) is 4.36. The van der Waals surface area contributed by atoms with Crippen LogP contribution in [0.4, 0.5) is 17.1 Å². The smallest absolute Gasteiger partial charge is 0.0540 e. The largest absolute Gasteiger partial charge is 0.310 e. The summed E-state index contributed by atoms with van der Waals surface area (Å²) < 4.78 is 0. The monoisotopic (exact) mass is 499 g/mol. The normalized spacial score (nSPS) is 11.7. The number of nitrogens with zero attached hydrogens (tertiary/aromatic N) is 1. The summed E-state index contributed by atoms with van der Waals surface area (Å²) in [6.45, 7) is 4.26. The van der Waals surface area contributed by atoms with Gasteiger partial charge in [0, 0.05) is 16.8 Å². The molecule has 0 saturated carbocycles. The van der Waals surface area contributed by atoms with E-state index in [9.17, 15) is 0 Å². The summed E-state index contributed by atoms with van der Waals surface area (Å²) >= 11 is 0. The van der Waals surface area contributed by atoms with Gasteiger partial charge in [0.1, 0.15) is 0 Å². The van der Waals surface area contributed by atoms with Crippen molar-refractivity contribution in [3.63, 3.8) is 0 Å². The van der Waals surface area contributed by atoms with Crippen molar-refractivity contribution in [2.75, 3.05) is 4.90 Å². The Labute approximate surface area is 229 Å². The molecule has 0 fully saturated rings. The Morgan fingerprint density at radius 3 is 1.51 bits per heavy atom. The molecule has 7 rings (SSSR count). The number of aryl methyl sites for hydroxylation is 2. The summed E-state index contributed by atoms with van der Waals surface area (Å²) in [6, 6.07) is 46.5. The maximum absolute atomic E-state index is 2.39. The Kier molecular flexibility index (Phi) is 5.64. The highest BCUT2D eigenvalue weighted by Gasteiger charge is 2.18. The average molecular weight is 500 g/mol. The minimum atomic E-state index is 1.14. The molecule has 0 radical (unpaired) electrons. The predicted octanol–water partition coefficient (Wildman–Crippen LogP) is 10.8. The topological polar surface area (TPSA) is 3.24 Å². The molecule has 0 N–H and O–H groups in total. The lowest BCUT2D eigenvalue weighted by molar-refractivity contribution is 1.29. The zero-order valence-electron chi connectivity index (χ0n) is 22.2. The molecular weight excluding hydrogens is 470 g/mol. The van der Waals surface area contributed by atoms with Crippen LogP contribution in [0.25, 0.3) is 44.5 Å². The van der Waals surface area contributed by atoms with Gasteiger partial charge in [-0.15, -0.1) is 0 Å². The third-order valence-electron chi connectivity index (χ3n) is 7.74. The molecule has 0 amide bonds. The Morgan fingerprint density at radius 1 is 0.436 bits per heavy atom. The van der Waals surface area contributed by atoms with Crippen molar-refractivity contribution in [1.82, 2.24) is 0 Å². The minimum absolute atomic E-state index is 1.14. The number of rotatable bonds is 5. The third-order valence-corrected chi connectivity index (χ3v) is 7.74. The Hall–Kier alpha value is -4.88. The van der Waals surface area contributed by atoms with Crippen LogP contribution in [0, 0.1) is 13.8 Å². The van der Waals surface area contributed by atoms with Crippen molar-refractivity contribution in [2.24, 2.45) is 0 Å². The van der Waals surface area contributed by atoms with Gasteiger partial charge >= 0.3 is 0 Å². The van der Waals surface area contributed by atoms with Gasteiger partial charge in [0.25, 0.3) is 0 Å². The first kappa shape index (κ1) is 23.3. The van der Waals surface area contributed by atoms with E-state index >= 15 is 0 Å². The summed E-state index contributed by atoms with van der Waals surface area (Å²) in [5.41, 5.74) is 8.40. The van der Waals surface area contributed by atoms with Crippen LogP contribution in [-0.2, 0) is 0 Å². The van der Waals surface area contributed by atoms with Crippen LogP contribution in [-0.4, -0.2) is 0 Å². The summed E-state index contributed by atoms with van der Waals surface area (Å²) in [5, 5.41) is 7.79. The van der Waals surface area contributed by atoms with Gasteiger partial charge in [0.2, 0.25) is 0 Å². The van der Waals surface area contributed by atoms with Gasteiger partial charge in [0.15, 0.2) is 0 Å². The zero-order chi connectivity index (χ0) is 26.3. The van der Waals surface area contributed by atoms with Crippen molar-refractivity contribution in [3.05, 3.63) is 150 Å². The number of hydrogen-bond donors (Lipinski definition) is 0. The van der Waals surface area contributed by atoms with Crippen LogP contribution in [0.3, 0.4) is 0 Å². The van der Waals surface area contributed by atoms with E-state index in [0.29, 0.717) is 0 Å². The molecule has 0 unspecified atom stereocenters. The first-order valence-corrected chi connectivity index (χ1v) is 13.5. The van der Waals surface area contributed by atoms with Crippen LogP contribution in [0.15, 0.2) is 127 Å². The van der Waals surface area contributed by atoms with Crippen LogP contribution in [0.5, 0.6) is 0 Å². The highest BCUT2D eigenvalue weighted by atomic mass is 15.1. The summed E-state index contributed by atoms with van der Waals surface area (Å²) in [5.74, 6) is 0. The molecule has 0 atom stereocenters. The Balaban J connectivity index is 1.37. The molecule has 39 heavy (non-hydrogen) atoms. The van der Waals surface area contributed by atoms with Crippen molar-refractivity contribution in [1.29, 1.82) is 0 Å². The lowest BCUT2D eigenvalue weighted by atomic mass is 9.93. The molecule has 7 aromatic rings. The second-order valence-corrected chi connectivity index (χ2v) is 10.4. The second kappa shape index (κ2) is 9.45.